The van der Waals surface area contributed by atoms with Gasteiger partial charge in [0.05, 0.1) is 0 Å². The fourth-order valence-corrected chi connectivity index (χ4v) is 2.93. The van der Waals surface area contributed by atoms with E-state index in [-0.39, 0.29) is 5.75 Å². The maximum absolute atomic E-state index is 10.3. The lowest BCUT2D eigenvalue weighted by Crippen LogP contribution is -1.91. The third-order valence-electron chi connectivity index (χ3n) is 1.24. The Kier molecular flexibility index (Phi) is 3.24. The molecule has 1 rings (SSSR count). The third-order valence-corrected chi connectivity index (χ3v) is 4.12. The van der Waals surface area contributed by atoms with Gasteiger partial charge in [-0.2, -0.15) is 0 Å². The highest BCUT2D eigenvalue weighted by Crippen LogP contribution is 2.27. The van der Waals surface area contributed by atoms with Gasteiger partial charge in [0, 0.05) is 15.1 Å². The van der Waals surface area contributed by atoms with Gasteiger partial charge >= 0.3 is 0 Å². The van der Waals surface area contributed by atoms with Crippen LogP contribution in [0, 0.1) is 6.92 Å². The molecule has 1 aromatic heterocycles. The molecule has 0 saturated heterocycles. The normalized spacial score (nSPS) is 13.4. The Morgan fingerprint density at radius 2 is 2.45 bits per heavy atom. The smallest absolute Gasteiger partial charge is 0.0372 e. The van der Waals surface area contributed by atoms with Crippen molar-refractivity contribution < 1.29 is 8.76 Å². The highest BCUT2D eigenvalue weighted by atomic mass is 79.9. The second kappa shape index (κ2) is 3.80. The summed E-state index contributed by atoms with van der Waals surface area (Å²) in [5.41, 5.74) is 0.848. The van der Waals surface area contributed by atoms with Crippen LogP contribution in [-0.2, 0) is 16.8 Å². The number of rotatable bonds is 2. The van der Waals surface area contributed by atoms with Crippen molar-refractivity contribution in [1.29, 1.82) is 0 Å². The van der Waals surface area contributed by atoms with Gasteiger partial charge in [0.1, 0.15) is 0 Å². The largest absolute Gasteiger partial charge is 0.772 e. The molecule has 1 heterocycles. The van der Waals surface area contributed by atoms with E-state index in [1.54, 1.807) is 11.3 Å². The first-order valence-electron chi connectivity index (χ1n) is 2.89. The first kappa shape index (κ1) is 9.38. The molecule has 1 atom stereocenters. The van der Waals surface area contributed by atoms with Gasteiger partial charge in [-0.1, -0.05) is 11.1 Å². The molecule has 0 aliphatic carbocycles. The van der Waals surface area contributed by atoms with E-state index in [0.29, 0.717) is 0 Å². The third kappa shape index (κ3) is 2.37. The van der Waals surface area contributed by atoms with Crippen molar-refractivity contribution in [3.8, 4) is 0 Å². The Morgan fingerprint density at radius 3 is 2.82 bits per heavy atom. The average molecular weight is 254 g/mol. The lowest BCUT2D eigenvalue weighted by molar-refractivity contribution is 0.536. The van der Waals surface area contributed by atoms with Crippen LogP contribution >= 0.6 is 27.3 Å². The Balaban J connectivity index is 2.87. The topological polar surface area (TPSA) is 40.1 Å². The summed E-state index contributed by atoms with van der Waals surface area (Å²) >= 11 is 2.88. The van der Waals surface area contributed by atoms with Crippen LogP contribution in [0.2, 0.25) is 0 Å². The molecule has 0 N–H and O–H groups in total. The molecule has 0 saturated carbocycles. The van der Waals surface area contributed by atoms with E-state index in [4.69, 9.17) is 0 Å². The number of hydrogen-bond acceptors (Lipinski definition) is 3. The summed E-state index contributed by atoms with van der Waals surface area (Å²) in [4.78, 5) is 1.12. The van der Waals surface area contributed by atoms with E-state index in [2.05, 4.69) is 15.9 Å². The van der Waals surface area contributed by atoms with Gasteiger partial charge < -0.3 is 4.55 Å². The van der Waals surface area contributed by atoms with Crippen LogP contribution in [0.4, 0.5) is 0 Å². The molecule has 0 radical (unpaired) electrons. The molecular weight excluding hydrogens is 248 g/mol. The average Bonchev–Trinajstić information content (AvgIpc) is 2.18. The van der Waals surface area contributed by atoms with Crippen molar-refractivity contribution in [2.45, 2.75) is 12.7 Å². The molecule has 5 heteroatoms. The Hall–Kier alpha value is 0.290. The summed E-state index contributed by atoms with van der Waals surface area (Å²) < 4.78 is 21.6. The van der Waals surface area contributed by atoms with Crippen LogP contribution in [0.3, 0.4) is 0 Å². The monoisotopic (exact) mass is 253 g/mol. The highest BCUT2D eigenvalue weighted by molar-refractivity contribution is 9.10. The minimum Gasteiger partial charge on any atom is -0.772 e. The molecular formula is C6H6BrO2S2-. The van der Waals surface area contributed by atoms with E-state index in [9.17, 15) is 8.76 Å². The standard InChI is InChI=1S/C6H7BrO2S2/c1-4-6(7)5(2-10-4)3-11(8)9/h2H,3H2,1H3,(H,8,9)/p-1. The molecule has 0 spiro atoms. The van der Waals surface area contributed by atoms with E-state index in [1.165, 1.54) is 0 Å². The minimum absolute atomic E-state index is 0.102. The fraction of sp³-hybridized carbons (Fsp3) is 0.333. The summed E-state index contributed by atoms with van der Waals surface area (Å²) in [7, 11) is 0. The lowest BCUT2D eigenvalue weighted by Gasteiger charge is -2.02. The van der Waals surface area contributed by atoms with Crippen LogP contribution in [0.5, 0.6) is 0 Å². The first-order valence-corrected chi connectivity index (χ1v) is 5.81. The molecule has 0 bridgehead atoms. The molecule has 62 valence electrons. The van der Waals surface area contributed by atoms with Crippen LogP contribution in [-0.4, -0.2) is 8.76 Å². The molecule has 1 aromatic rings. The molecule has 2 nitrogen and oxygen atoms in total. The van der Waals surface area contributed by atoms with Gasteiger partial charge in [0.2, 0.25) is 0 Å². The molecule has 1 unspecified atom stereocenters. The minimum atomic E-state index is -1.99. The van der Waals surface area contributed by atoms with Crippen molar-refractivity contribution in [3.63, 3.8) is 0 Å². The van der Waals surface area contributed by atoms with Crippen molar-refractivity contribution in [2.75, 3.05) is 0 Å². The molecule has 0 amide bonds. The maximum Gasteiger partial charge on any atom is 0.0372 e. The summed E-state index contributed by atoms with van der Waals surface area (Å²) in [5.74, 6) is 0.102. The second-order valence-electron chi connectivity index (χ2n) is 2.08. The summed E-state index contributed by atoms with van der Waals surface area (Å²) in [6, 6.07) is 0. The van der Waals surface area contributed by atoms with Gasteiger partial charge in [-0.25, -0.2) is 0 Å². The summed E-state index contributed by atoms with van der Waals surface area (Å²) in [6.07, 6.45) is 0. The fourth-order valence-electron chi connectivity index (χ4n) is 0.713. The first-order chi connectivity index (χ1) is 5.11. The zero-order valence-corrected chi connectivity index (χ0v) is 9.01. The number of aryl methyl sites for hydroxylation is 1. The Bertz CT molecular complexity index is 282. The summed E-state index contributed by atoms with van der Waals surface area (Å²) in [5, 5.41) is 1.86. The SMILES string of the molecule is Cc1scc(CS(=O)[O-])c1Br. The second-order valence-corrected chi connectivity index (χ2v) is 4.85. The maximum atomic E-state index is 10.3. The van der Waals surface area contributed by atoms with Crippen LogP contribution < -0.4 is 0 Å². The van der Waals surface area contributed by atoms with Crippen molar-refractivity contribution in [1.82, 2.24) is 0 Å². The molecule has 0 fully saturated rings. The number of hydrogen-bond donors (Lipinski definition) is 0. The van der Waals surface area contributed by atoms with Gasteiger partial charge in [0.15, 0.2) is 0 Å². The lowest BCUT2D eigenvalue weighted by atomic mass is 10.3. The molecule has 0 aliphatic rings. The van der Waals surface area contributed by atoms with E-state index < -0.39 is 11.1 Å². The predicted octanol–water partition coefficient (Wildman–Crippen LogP) is 2.20. The number of thiophene rings is 1. The highest BCUT2D eigenvalue weighted by Gasteiger charge is 2.04. The Labute approximate surface area is 80.0 Å². The van der Waals surface area contributed by atoms with Gasteiger partial charge in [-0.15, -0.1) is 11.3 Å². The Morgan fingerprint density at radius 1 is 1.82 bits per heavy atom. The van der Waals surface area contributed by atoms with Crippen molar-refractivity contribution >= 4 is 38.3 Å². The van der Waals surface area contributed by atoms with Crippen molar-refractivity contribution in [3.05, 3.63) is 20.3 Å². The van der Waals surface area contributed by atoms with E-state index in [1.807, 2.05) is 12.3 Å². The molecule has 0 aromatic carbocycles. The van der Waals surface area contributed by atoms with E-state index >= 15 is 0 Å². The van der Waals surface area contributed by atoms with Crippen molar-refractivity contribution in [2.24, 2.45) is 0 Å². The van der Waals surface area contributed by atoms with Gasteiger partial charge in [-0.05, 0) is 33.8 Å². The van der Waals surface area contributed by atoms with E-state index in [0.717, 1.165) is 14.9 Å². The zero-order chi connectivity index (χ0) is 8.43. The predicted molar refractivity (Wildman–Crippen MR) is 49.4 cm³/mol. The number of halogens is 1. The zero-order valence-electron chi connectivity index (χ0n) is 5.80. The van der Waals surface area contributed by atoms with Crippen LogP contribution in [0.1, 0.15) is 10.4 Å². The summed E-state index contributed by atoms with van der Waals surface area (Å²) in [6.45, 7) is 1.95. The van der Waals surface area contributed by atoms with Gasteiger partial charge in [-0.3, -0.25) is 4.21 Å². The van der Waals surface area contributed by atoms with Crippen LogP contribution in [0.15, 0.2) is 9.85 Å². The molecule has 11 heavy (non-hydrogen) atoms. The quantitative estimate of drug-likeness (QED) is 0.759. The molecule has 0 aliphatic heterocycles. The van der Waals surface area contributed by atoms with Gasteiger partial charge in [0.25, 0.3) is 0 Å². The van der Waals surface area contributed by atoms with Crippen LogP contribution in [0.25, 0.3) is 0 Å².